The van der Waals surface area contributed by atoms with E-state index in [4.69, 9.17) is 4.74 Å². The van der Waals surface area contributed by atoms with Crippen molar-refractivity contribution in [1.29, 1.82) is 0 Å². The highest BCUT2D eigenvalue weighted by Crippen LogP contribution is 2.25. The van der Waals surface area contributed by atoms with Crippen LogP contribution in [-0.4, -0.2) is 33.4 Å². The molecule has 7 nitrogen and oxygen atoms in total. The first-order valence-electron chi connectivity index (χ1n) is 7.04. The number of amides is 1. The van der Waals surface area contributed by atoms with Crippen LogP contribution in [-0.2, 0) is 24.6 Å². The molecule has 11 heteroatoms. The van der Waals surface area contributed by atoms with Crippen LogP contribution in [0.4, 0.5) is 17.6 Å². The average molecular weight is 362 g/mol. The van der Waals surface area contributed by atoms with Gasteiger partial charge >= 0.3 is 11.9 Å². The maximum Gasteiger partial charge on any atom is 0.451 e. The summed E-state index contributed by atoms with van der Waals surface area (Å²) in [7, 11) is 0.962. The van der Waals surface area contributed by atoms with Crippen LogP contribution in [0.5, 0.6) is 5.75 Å². The predicted molar refractivity (Wildman–Crippen MR) is 77.4 cm³/mol. The Balaban J connectivity index is 1.83. The van der Waals surface area contributed by atoms with Gasteiger partial charge in [-0.3, -0.25) is 9.36 Å². The van der Waals surface area contributed by atoms with Gasteiger partial charge in [-0.1, -0.05) is 0 Å². The van der Waals surface area contributed by atoms with E-state index in [-0.39, 0.29) is 25.4 Å². The van der Waals surface area contributed by atoms with E-state index in [1.165, 1.54) is 24.3 Å². The topological polar surface area (TPSA) is 78.2 Å². The van der Waals surface area contributed by atoms with Crippen molar-refractivity contribution in [2.24, 2.45) is 7.05 Å². The molecule has 2 aromatic rings. The fraction of sp³-hybridized carbons (Fsp3) is 0.357. The molecule has 0 unspecified atom stereocenters. The maximum absolute atomic E-state index is 12.7. The van der Waals surface area contributed by atoms with E-state index in [0.717, 1.165) is 7.05 Å². The van der Waals surface area contributed by atoms with Crippen LogP contribution < -0.4 is 15.7 Å². The normalized spacial score (nSPS) is 11.4. The Morgan fingerprint density at radius 2 is 1.92 bits per heavy atom. The molecule has 1 N–H and O–H groups in total. The zero-order valence-corrected chi connectivity index (χ0v) is 13.0. The number of ether oxygens (including phenoxy) is 1. The van der Waals surface area contributed by atoms with Crippen LogP contribution in [0.1, 0.15) is 5.82 Å². The molecule has 0 saturated heterocycles. The minimum Gasteiger partial charge on any atom is -0.484 e. The number of halogens is 4. The highest BCUT2D eigenvalue weighted by Gasteiger charge is 2.37. The van der Waals surface area contributed by atoms with Gasteiger partial charge in [0.05, 0.1) is 6.54 Å². The fourth-order valence-electron chi connectivity index (χ4n) is 1.91. The molecule has 0 bridgehead atoms. The van der Waals surface area contributed by atoms with Crippen LogP contribution in [0.2, 0.25) is 0 Å². The van der Waals surface area contributed by atoms with Crippen molar-refractivity contribution in [2.45, 2.75) is 12.7 Å². The SMILES string of the molecule is Cn1c(C(F)(F)F)nn(CCNC(=O)COc2ccc(F)cc2)c1=O. The van der Waals surface area contributed by atoms with Crippen molar-refractivity contribution < 1.29 is 27.1 Å². The summed E-state index contributed by atoms with van der Waals surface area (Å²) >= 11 is 0. The second-order valence-corrected chi connectivity index (χ2v) is 4.98. The summed E-state index contributed by atoms with van der Waals surface area (Å²) in [6.07, 6.45) is -4.74. The molecule has 25 heavy (non-hydrogen) atoms. The lowest BCUT2D eigenvalue weighted by atomic mass is 10.3. The molecule has 136 valence electrons. The van der Waals surface area contributed by atoms with Gasteiger partial charge in [0.1, 0.15) is 11.6 Å². The van der Waals surface area contributed by atoms with Gasteiger partial charge < -0.3 is 10.1 Å². The van der Waals surface area contributed by atoms with Gasteiger partial charge in [-0.05, 0) is 24.3 Å². The van der Waals surface area contributed by atoms with Crippen molar-refractivity contribution in [3.05, 3.63) is 46.4 Å². The van der Waals surface area contributed by atoms with Crippen molar-refractivity contribution in [3.63, 3.8) is 0 Å². The Bertz CT molecular complexity index is 796. The minimum absolute atomic E-state index is 0.111. The molecule has 0 radical (unpaired) electrons. The van der Waals surface area contributed by atoms with Crippen LogP contribution in [0.15, 0.2) is 29.1 Å². The molecule has 2 rings (SSSR count). The van der Waals surface area contributed by atoms with Crippen LogP contribution >= 0.6 is 0 Å². The van der Waals surface area contributed by atoms with Crippen molar-refractivity contribution >= 4 is 5.91 Å². The molecule has 1 heterocycles. The largest absolute Gasteiger partial charge is 0.484 e. The summed E-state index contributed by atoms with van der Waals surface area (Å²) in [4.78, 5) is 23.2. The van der Waals surface area contributed by atoms with E-state index >= 15 is 0 Å². The third-order valence-electron chi connectivity index (χ3n) is 3.12. The molecule has 0 aliphatic heterocycles. The van der Waals surface area contributed by atoms with E-state index in [2.05, 4.69) is 10.4 Å². The minimum atomic E-state index is -4.74. The second kappa shape index (κ2) is 7.36. The van der Waals surface area contributed by atoms with Gasteiger partial charge in [0.2, 0.25) is 5.82 Å². The molecule has 0 aliphatic rings. The molecule has 1 aromatic heterocycles. The van der Waals surface area contributed by atoms with Crippen LogP contribution in [0.25, 0.3) is 0 Å². The number of alkyl halides is 3. The zero-order valence-electron chi connectivity index (χ0n) is 13.0. The van der Waals surface area contributed by atoms with E-state index < -0.39 is 29.4 Å². The van der Waals surface area contributed by atoms with E-state index in [0.29, 0.717) is 9.25 Å². The Morgan fingerprint density at radius 1 is 1.28 bits per heavy atom. The highest BCUT2D eigenvalue weighted by molar-refractivity contribution is 5.77. The van der Waals surface area contributed by atoms with Crippen LogP contribution in [0, 0.1) is 5.82 Å². The third kappa shape index (κ3) is 4.81. The van der Waals surface area contributed by atoms with E-state index in [1.807, 2.05) is 0 Å². The predicted octanol–water partition coefficient (Wildman–Crippen LogP) is 0.935. The number of hydrogen-bond donors (Lipinski definition) is 1. The summed E-state index contributed by atoms with van der Waals surface area (Å²) in [6.45, 7) is -0.707. The van der Waals surface area contributed by atoms with Gasteiger partial charge in [-0.25, -0.2) is 13.9 Å². The summed E-state index contributed by atoms with van der Waals surface area (Å²) in [5.41, 5.74) is -0.941. The van der Waals surface area contributed by atoms with Gasteiger partial charge in [0.15, 0.2) is 6.61 Å². The molecule has 0 aliphatic carbocycles. The molecule has 0 atom stereocenters. The summed E-state index contributed by atoms with van der Waals surface area (Å²) < 4.78 is 56.7. The Labute approximate surface area is 138 Å². The van der Waals surface area contributed by atoms with Crippen LogP contribution in [0.3, 0.4) is 0 Å². The molecule has 0 saturated carbocycles. The fourth-order valence-corrected chi connectivity index (χ4v) is 1.91. The highest BCUT2D eigenvalue weighted by atomic mass is 19.4. The lowest BCUT2D eigenvalue weighted by Crippen LogP contribution is -2.34. The Morgan fingerprint density at radius 3 is 2.48 bits per heavy atom. The summed E-state index contributed by atoms with van der Waals surface area (Å²) in [6, 6.07) is 5.02. The van der Waals surface area contributed by atoms with Crippen molar-refractivity contribution in [1.82, 2.24) is 19.7 Å². The van der Waals surface area contributed by atoms with E-state index in [1.54, 1.807) is 0 Å². The number of rotatable bonds is 6. The number of nitrogens with one attached hydrogen (secondary N) is 1. The smallest absolute Gasteiger partial charge is 0.451 e. The maximum atomic E-state index is 12.7. The average Bonchev–Trinajstić information content (AvgIpc) is 2.83. The number of carbonyl (C=O) groups is 1. The molecular formula is C14H14F4N4O3. The lowest BCUT2D eigenvalue weighted by molar-refractivity contribution is -0.147. The lowest BCUT2D eigenvalue weighted by Gasteiger charge is -2.07. The van der Waals surface area contributed by atoms with E-state index in [9.17, 15) is 27.2 Å². The number of benzene rings is 1. The molecule has 0 fully saturated rings. The monoisotopic (exact) mass is 362 g/mol. The number of aromatic nitrogens is 3. The first-order valence-corrected chi connectivity index (χ1v) is 7.04. The first kappa shape index (κ1) is 18.5. The molecule has 1 amide bonds. The standard InChI is InChI=1S/C14H14F4N4O3/c1-21-12(14(16,17)18)20-22(13(21)24)7-6-19-11(23)8-25-10-4-2-9(15)3-5-10/h2-5H,6-8H2,1H3,(H,19,23). The van der Waals surface area contributed by atoms with Gasteiger partial charge in [-0.15, -0.1) is 5.10 Å². The molecule has 1 aromatic carbocycles. The molecular weight excluding hydrogens is 348 g/mol. The van der Waals surface area contributed by atoms with Gasteiger partial charge in [0.25, 0.3) is 5.91 Å². The summed E-state index contributed by atoms with van der Waals surface area (Å²) in [5.74, 6) is -2.03. The van der Waals surface area contributed by atoms with Crippen molar-refractivity contribution in [2.75, 3.05) is 13.2 Å². The zero-order chi connectivity index (χ0) is 18.6. The third-order valence-corrected chi connectivity index (χ3v) is 3.12. The molecule has 0 spiro atoms. The number of nitrogens with zero attached hydrogens (tertiary/aromatic N) is 3. The number of carbonyl (C=O) groups excluding carboxylic acids is 1. The van der Waals surface area contributed by atoms with Gasteiger partial charge in [0, 0.05) is 13.6 Å². The number of hydrogen-bond acceptors (Lipinski definition) is 4. The van der Waals surface area contributed by atoms with Crippen molar-refractivity contribution in [3.8, 4) is 5.75 Å². The Kier molecular flexibility index (Phi) is 5.45. The quantitative estimate of drug-likeness (QED) is 0.776. The Hall–Kier alpha value is -2.85. The van der Waals surface area contributed by atoms with Gasteiger partial charge in [-0.2, -0.15) is 13.2 Å². The first-order chi connectivity index (χ1) is 11.7. The summed E-state index contributed by atoms with van der Waals surface area (Å²) in [5, 5.41) is 5.58. The second-order valence-electron chi connectivity index (χ2n) is 4.98.